The van der Waals surface area contributed by atoms with Crippen molar-refractivity contribution in [2.75, 3.05) is 16.4 Å². The second-order valence-corrected chi connectivity index (χ2v) is 6.29. The maximum atomic E-state index is 12.6. The summed E-state index contributed by atoms with van der Waals surface area (Å²) < 4.78 is 0. The summed E-state index contributed by atoms with van der Waals surface area (Å²) in [5.74, 6) is 0.549. The Labute approximate surface area is 129 Å². The number of carbonyl (C=O) groups excluding carboxylic acids is 1. The quantitative estimate of drug-likeness (QED) is 0.698. The van der Waals surface area contributed by atoms with Crippen molar-refractivity contribution in [3.05, 3.63) is 54.1 Å². The fourth-order valence-corrected chi connectivity index (χ4v) is 3.59. The van der Waals surface area contributed by atoms with Gasteiger partial charge in [-0.15, -0.1) is 11.8 Å². The highest BCUT2D eigenvalue weighted by molar-refractivity contribution is 8.00. The molecule has 2 N–H and O–H groups in total. The molecule has 21 heavy (non-hydrogen) atoms. The van der Waals surface area contributed by atoms with Gasteiger partial charge in [0.15, 0.2) is 0 Å². The van der Waals surface area contributed by atoms with Gasteiger partial charge in [0.2, 0.25) is 5.91 Å². The van der Waals surface area contributed by atoms with Gasteiger partial charge < -0.3 is 10.6 Å². The molecule has 0 spiro atoms. The number of hydrogen-bond donors (Lipinski definition) is 1. The van der Waals surface area contributed by atoms with E-state index in [9.17, 15) is 4.79 Å². The molecular weight excluding hydrogens is 280 g/mol. The summed E-state index contributed by atoms with van der Waals surface area (Å²) in [5, 5.41) is 0. The van der Waals surface area contributed by atoms with E-state index in [1.807, 2.05) is 47.4 Å². The number of fused-ring (bicyclic) bond motifs is 1. The van der Waals surface area contributed by atoms with Crippen molar-refractivity contribution in [1.29, 1.82) is 0 Å². The molecule has 0 aromatic heterocycles. The first-order valence-corrected chi connectivity index (χ1v) is 8.02. The van der Waals surface area contributed by atoms with Crippen molar-refractivity contribution in [2.24, 2.45) is 0 Å². The molecule has 0 radical (unpaired) electrons. The van der Waals surface area contributed by atoms with E-state index >= 15 is 0 Å². The summed E-state index contributed by atoms with van der Waals surface area (Å²) in [4.78, 5) is 15.4. The average Bonchev–Trinajstić information content (AvgIpc) is 2.82. The van der Waals surface area contributed by atoms with Crippen LogP contribution < -0.4 is 10.6 Å². The van der Waals surface area contributed by atoms with Gasteiger partial charge >= 0.3 is 0 Å². The van der Waals surface area contributed by atoms with Crippen molar-refractivity contribution < 1.29 is 4.79 Å². The van der Waals surface area contributed by atoms with E-state index in [0.29, 0.717) is 5.75 Å². The van der Waals surface area contributed by atoms with Crippen LogP contribution in [-0.4, -0.2) is 17.7 Å². The van der Waals surface area contributed by atoms with E-state index < -0.39 is 0 Å². The molecule has 1 heterocycles. The van der Waals surface area contributed by atoms with Crippen LogP contribution in [0.1, 0.15) is 12.5 Å². The second-order valence-electron chi connectivity index (χ2n) is 5.27. The third-order valence-electron chi connectivity index (χ3n) is 3.75. The molecule has 3 rings (SSSR count). The van der Waals surface area contributed by atoms with Crippen molar-refractivity contribution in [3.8, 4) is 0 Å². The first-order valence-electron chi connectivity index (χ1n) is 7.04. The van der Waals surface area contributed by atoms with E-state index in [-0.39, 0.29) is 11.9 Å². The maximum absolute atomic E-state index is 12.6. The zero-order valence-electron chi connectivity index (χ0n) is 12.0. The van der Waals surface area contributed by atoms with Gasteiger partial charge in [-0.1, -0.05) is 30.3 Å². The van der Waals surface area contributed by atoms with Crippen LogP contribution in [0.25, 0.3) is 0 Å². The minimum absolute atomic E-state index is 0.140. The molecule has 0 fully saturated rings. The van der Waals surface area contributed by atoms with E-state index in [0.717, 1.165) is 22.7 Å². The highest BCUT2D eigenvalue weighted by Crippen LogP contribution is 2.33. The molecule has 4 heteroatoms. The number of hydrogen-bond acceptors (Lipinski definition) is 3. The molecule has 3 nitrogen and oxygen atoms in total. The fraction of sp³-hybridized carbons (Fsp3) is 0.235. The van der Waals surface area contributed by atoms with Crippen LogP contribution in [0.5, 0.6) is 0 Å². The van der Waals surface area contributed by atoms with Crippen molar-refractivity contribution in [1.82, 2.24) is 0 Å². The average molecular weight is 298 g/mol. The maximum Gasteiger partial charge on any atom is 0.237 e. The van der Waals surface area contributed by atoms with E-state index in [1.165, 1.54) is 17.3 Å². The minimum atomic E-state index is 0.140. The first kappa shape index (κ1) is 14.0. The van der Waals surface area contributed by atoms with Crippen LogP contribution in [0.15, 0.2) is 53.4 Å². The molecular formula is C17H18N2OS. The molecule has 1 atom stereocenters. The lowest BCUT2D eigenvalue weighted by Gasteiger charge is -2.22. The largest absolute Gasteiger partial charge is 0.398 e. The lowest BCUT2D eigenvalue weighted by molar-refractivity contribution is -0.116. The van der Waals surface area contributed by atoms with Gasteiger partial charge in [-0.3, -0.25) is 4.79 Å². The Morgan fingerprint density at radius 1 is 1.24 bits per heavy atom. The zero-order chi connectivity index (χ0) is 14.8. The number of anilines is 2. The van der Waals surface area contributed by atoms with Gasteiger partial charge in [0.25, 0.3) is 0 Å². The van der Waals surface area contributed by atoms with Gasteiger partial charge in [0.05, 0.1) is 5.75 Å². The van der Waals surface area contributed by atoms with E-state index in [1.54, 1.807) is 0 Å². The molecule has 0 bridgehead atoms. The molecule has 0 aliphatic carbocycles. The molecule has 108 valence electrons. The Kier molecular flexibility index (Phi) is 3.88. The number of nitrogen functional groups attached to an aromatic ring is 1. The van der Waals surface area contributed by atoms with Crippen LogP contribution in [0, 0.1) is 0 Å². The topological polar surface area (TPSA) is 46.3 Å². The number of carbonyl (C=O) groups is 1. The zero-order valence-corrected chi connectivity index (χ0v) is 12.8. The predicted octanol–water partition coefficient (Wildman–Crippen LogP) is 3.34. The molecule has 1 aliphatic rings. The standard InChI is InChI=1S/C17H18N2OS/c1-12-10-13-6-2-4-8-15(13)19(12)17(20)11-21-16-9-5-3-7-14(16)18/h2-9,12H,10-11,18H2,1H3. The van der Waals surface area contributed by atoms with Gasteiger partial charge in [-0.2, -0.15) is 0 Å². The molecule has 2 aromatic rings. The third-order valence-corrected chi connectivity index (χ3v) is 4.82. The summed E-state index contributed by atoms with van der Waals surface area (Å²) in [5.41, 5.74) is 8.95. The van der Waals surface area contributed by atoms with Gasteiger partial charge in [-0.05, 0) is 37.1 Å². The van der Waals surface area contributed by atoms with Crippen LogP contribution in [0.2, 0.25) is 0 Å². The number of nitrogens with two attached hydrogens (primary N) is 1. The lowest BCUT2D eigenvalue weighted by Crippen LogP contribution is -2.36. The fourth-order valence-electron chi connectivity index (χ4n) is 2.77. The van der Waals surface area contributed by atoms with Crippen LogP contribution in [-0.2, 0) is 11.2 Å². The van der Waals surface area contributed by atoms with Crippen LogP contribution >= 0.6 is 11.8 Å². The third kappa shape index (κ3) is 2.76. The van der Waals surface area contributed by atoms with Gasteiger partial charge in [0, 0.05) is 22.3 Å². The van der Waals surface area contributed by atoms with Crippen LogP contribution in [0.4, 0.5) is 11.4 Å². The SMILES string of the molecule is CC1Cc2ccccc2N1C(=O)CSc1ccccc1N. The van der Waals surface area contributed by atoms with Gasteiger partial charge in [0.1, 0.15) is 0 Å². The molecule has 0 saturated carbocycles. The normalized spacial score (nSPS) is 16.8. The van der Waals surface area contributed by atoms with Crippen molar-refractivity contribution in [2.45, 2.75) is 24.3 Å². The lowest BCUT2D eigenvalue weighted by atomic mass is 10.1. The van der Waals surface area contributed by atoms with Gasteiger partial charge in [-0.25, -0.2) is 0 Å². The number of benzene rings is 2. The summed E-state index contributed by atoms with van der Waals surface area (Å²) in [6.45, 7) is 2.10. The molecule has 1 aliphatic heterocycles. The number of nitrogens with zero attached hydrogens (tertiary/aromatic N) is 1. The second kappa shape index (κ2) is 5.82. The Morgan fingerprint density at radius 3 is 2.76 bits per heavy atom. The monoisotopic (exact) mass is 298 g/mol. The summed E-state index contributed by atoms with van der Waals surface area (Å²) in [6.07, 6.45) is 0.931. The Bertz CT molecular complexity index is 671. The molecule has 0 saturated heterocycles. The number of thioether (sulfide) groups is 1. The summed E-state index contributed by atoms with van der Waals surface area (Å²) >= 11 is 1.50. The Balaban J connectivity index is 1.73. The van der Waals surface area contributed by atoms with Crippen molar-refractivity contribution in [3.63, 3.8) is 0 Å². The Hall–Kier alpha value is -1.94. The number of para-hydroxylation sites is 2. The smallest absolute Gasteiger partial charge is 0.237 e. The van der Waals surface area contributed by atoms with Crippen LogP contribution in [0.3, 0.4) is 0 Å². The first-order chi connectivity index (χ1) is 10.2. The number of rotatable bonds is 3. The highest BCUT2D eigenvalue weighted by atomic mass is 32.2. The number of amides is 1. The Morgan fingerprint density at radius 2 is 1.95 bits per heavy atom. The summed E-state index contributed by atoms with van der Waals surface area (Å²) in [7, 11) is 0. The minimum Gasteiger partial charge on any atom is -0.398 e. The van der Waals surface area contributed by atoms with E-state index in [4.69, 9.17) is 5.73 Å². The molecule has 1 unspecified atom stereocenters. The predicted molar refractivity (Wildman–Crippen MR) is 88.7 cm³/mol. The van der Waals surface area contributed by atoms with E-state index in [2.05, 4.69) is 13.0 Å². The highest BCUT2D eigenvalue weighted by Gasteiger charge is 2.30. The summed E-state index contributed by atoms with van der Waals surface area (Å²) in [6, 6.07) is 16.0. The molecule has 1 amide bonds. The molecule has 2 aromatic carbocycles. The van der Waals surface area contributed by atoms with Crippen molar-refractivity contribution >= 4 is 29.0 Å².